The van der Waals surface area contributed by atoms with E-state index in [1.807, 2.05) is 0 Å². The van der Waals surface area contributed by atoms with Gasteiger partial charge in [0.05, 0.1) is 6.54 Å². The Kier molecular flexibility index (Phi) is 4.47. The minimum absolute atomic E-state index is 0.415. The van der Waals surface area contributed by atoms with Gasteiger partial charge in [0.1, 0.15) is 0 Å². The third kappa shape index (κ3) is 3.79. The summed E-state index contributed by atoms with van der Waals surface area (Å²) in [5.74, 6) is -0.755. The van der Waals surface area contributed by atoms with E-state index >= 15 is 0 Å². The molecule has 3 rings (SSSR count). The van der Waals surface area contributed by atoms with E-state index in [2.05, 4.69) is 10.6 Å². The van der Waals surface area contributed by atoms with Crippen LogP contribution >= 0.6 is 0 Å². The van der Waals surface area contributed by atoms with Gasteiger partial charge in [-0.2, -0.15) is 0 Å². The number of carbonyl (C=O) groups is 2. The number of carboxylic acids is 1. The summed E-state index contributed by atoms with van der Waals surface area (Å²) in [6.07, 6.45) is 4.98. The Hall–Kier alpha value is -2.48. The third-order valence-corrected chi connectivity index (χ3v) is 4.46. The Morgan fingerprint density at radius 2 is 1.88 bits per heavy atom. The number of carboxylic acid groups (broad SMARTS) is 1. The van der Waals surface area contributed by atoms with E-state index in [9.17, 15) is 14.7 Å². The van der Waals surface area contributed by atoms with Crippen LogP contribution in [0.5, 0.6) is 11.5 Å². The topological polar surface area (TPSA) is 117 Å². The number of nitrogens with one attached hydrogen (secondary N) is 2. The van der Waals surface area contributed by atoms with Gasteiger partial charge in [0.2, 0.25) is 0 Å². The van der Waals surface area contributed by atoms with E-state index < -0.39 is 29.9 Å². The quantitative estimate of drug-likeness (QED) is 0.660. The van der Waals surface area contributed by atoms with Gasteiger partial charge in [-0.1, -0.05) is 6.42 Å². The molecule has 1 spiro atoms. The summed E-state index contributed by atoms with van der Waals surface area (Å²) >= 11 is 0. The lowest BCUT2D eigenvalue weighted by Crippen LogP contribution is -2.47. The molecule has 1 aliphatic heterocycles. The van der Waals surface area contributed by atoms with Crippen molar-refractivity contribution in [2.45, 2.75) is 50.4 Å². The van der Waals surface area contributed by atoms with Gasteiger partial charge in [0, 0.05) is 24.6 Å². The van der Waals surface area contributed by atoms with Gasteiger partial charge >= 0.3 is 12.0 Å². The van der Waals surface area contributed by atoms with E-state index in [-0.39, 0.29) is 0 Å². The van der Waals surface area contributed by atoms with Crippen molar-refractivity contribution in [1.29, 1.82) is 0 Å². The molecule has 1 atom stereocenters. The van der Waals surface area contributed by atoms with Crippen LogP contribution in [0.15, 0.2) is 18.2 Å². The Bertz CT molecular complexity index is 682. The summed E-state index contributed by atoms with van der Waals surface area (Å²) in [5, 5.41) is 23.3. The first-order valence-electron chi connectivity index (χ1n) is 8.32. The number of fused-ring (bicyclic) bond motifs is 1. The van der Waals surface area contributed by atoms with Crippen molar-refractivity contribution in [1.82, 2.24) is 5.32 Å². The highest BCUT2D eigenvalue weighted by Crippen LogP contribution is 2.46. The molecule has 2 aliphatic rings. The van der Waals surface area contributed by atoms with Crippen LogP contribution in [0.1, 0.15) is 39.0 Å². The minimum Gasteiger partial charge on any atom is -0.479 e. The average molecular weight is 350 g/mol. The van der Waals surface area contributed by atoms with Crippen LogP contribution in [0.3, 0.4) is 0 Å². The van der Waals surface area contributed by atoms with Crippen molar-refractivity contribution < 1.29 is 29.3 Å². The number of ether oxygens (including phenoxy) is 2. The molecule has 8 nitrogen and oxygen atoms in total. The monoisotopic (exact) mass is 350 g/mol. The summed E-state index contributed by atoms with van der Waals surface area (Å²) in [6, 6.07) is 4.47. The van der Waals surface area contributed by atoms with E-state index in [4.69, 9.17) is 14.6 Å². The highest BCUT2D eigenvalue weighted by molar-refractivity contribution is 5.90. The van der Waals surface area contributed by atoms with Crippen LogP contribution in [-0.4, -0.2) is 40.1 Å². The van der Waals surface area contributed by atoms with Crippen molar-refractivity contribution >= 4 is 17.7 Å². The Labute approximate surface area is 145 Å². The first-order valence-corrected chi connectivity index (χ1v) is 8.32. The molecule has 1 saturated carbocycles. The molecule has 136 valence electrons. The summed E-state index contributed by atoms with van der Waals surface area (Å²) in [7, 11) is 0. The van der Waals surface area contributed by atoms with Crippen LogP contribution < -0.4 is 20.1 Å². The maximum Gasteiger partial charge on any atom is 0.337 e. The average Bonchev–Trinajstić information content (AvgIpc) is 2.90. The second-order valence-corrected chi connectivity index (χ2v) is 6.72. The number of amides is 2. The number of carbonyl (C=O) groups excluding carboxylic acids is 1. The number of rotatable bonds is 4. The smallest absolute Gasteiger partial charge is 0.337 e. The van der Waals surface area contributed by atoms with E-state index in [0.717, 1.165) is 32.6 Å². The molecule has 0 aromatic heterocycles. The fraction of sp³-hybridized carbons (Fsp3) is 0.529. The summed E-state index contributed by atoms with van der Waals surface area (Å²) in [6.45, 7) is 0.696. The van der Waals surface area contributed by atoms with Crippen molar-refractivity contribution in [3.63, 3.8) is 0 Å². The number of benzene rings is 1. The standard InChI is InChI=1S/C17H22N2O6/c1-16(23,14(20)21)10-18-15(22)19-11-5-6-12-13(9-11)25-17(24-12)7-3-2-4-8-17/h5-6,9,23H,2-4,7-8,10H2,1H3,(H,20,21)(H2,18,19,22). The molecule has 25 heavy (non-hydrogen) atoms. The van der Waals surface area contributed by atoms with E-state index in [0.29, 0.717) is 17.2 Å². The van der Waals surface area contributed by atoms with Gasteiger partial charge in [-0.05, 0) is 31.9 Å². The lowest BCUT2D eigenvalue weighted by Gasteiger charge is -2.31. The van der Waals surface area contributed by atoms with Gasteiger partial charge < -0.3 is 30.3 Å². The lowest BCUT2D eigenvalue weighted by molar-refractivity contribution is -0.155. The molecule has 1 aliphatic carbocycles. The molecule has 0 bridgehead atoms. The van der Waals surface area contributed by atoms with Crippen LogP contribution in [0.2, 0.25) is 0 Å². The van der Waals surface area contributed by atoms with Crippen LogP contribution in [0, 0.1) is 0 Å². The molecule has 4 N–H and O–H groups in total. The molecular weight excluding hydrogens is 328 g/mol. The van der Waals surface area contributed by atoms with Gasteiger partial charge in [-0.25, -0.2) is 9.59 Å². The van der Waals surface area contributed by atoms with Crippen molar-refractivity contribution in [2.75, 3.05) is 11.9 Å². The molecule has 1 aromatic carbocycles. The number of aliphatic carboxylic acids is 1. The van der Waals surface area contributed by atoms with E-state index in [1.54, 1.807) is 18.2 Å². The maximum atomic E-state index is 11.9. The van der Waals surface area contributed by atoms with Crippen LogP contribution in [0.25, 0.3) is 0 Å². The lowest BCUT2D eigenvalue weighted by atomic mass is 9.94. The zero-order valence-corrected chi connectivity index (χ0v) is 14.0. The number of hydrogen-bond acceptors (Lipinski definition) is 5. The number of hydrogen-bond donors (Lipinski definition) is 4. The number of urea groups is 1. The van der Waals surface area contributed by atoms with Gasteiger partial charge in [0.15, 0.2) is 17.1 Å². The zero-order valence-electron chi connectivity index (χ0n) is 14.0. The molecule has 0 saturated heterocycles. The van der Waals surface area contributed by atoms with Gasteiger partial charge in [-0.3, -0.25) is 0 Å². The molecule has 2 amide bonds. The Morgan fingerprint density at radius 3 is 2.56 bits per heavy atom. The predicted molar refractivity (Wildman–Crippen MR) is 88.8 cm³/mol. The Morgan fingerprint density at radius 1 is 1.20 bits per heavy atom. The van der Waals surface area contributed by atoms with Gasteiger partial charge in [-0.15, -0.1) is 0 Å². The zero-order chi connectivity index (χ0) is 18.1. The summed E-state index contributed by atoms with van der Waals surface area (Å²) < 4.78 is 12.0. The molecular formula is C17H22N2O6. The van der Waals surface area contributed by atoms with Crippen LogP contribution in [0.4, 0.5) is 10.5 Å². The first kappa shape index (κ1) is 17.3. The normalized spacial score (nSPS) is 19.9. The largest absolute Gasteiger partial charge is 0.479 e. The Balaban J connectivity index is 1.60. The molecule has 8 heteroatoms. The predicted octanol–water partition coefficient (Wildman–Crippen LogP) is 2.08. The summed E-state index contributed by atoms with van der Waals surface area (Å²) in [4.78, 5) is 22.7. The molecule has 1 unspecified atom stereocenters. The molecule has 1 fully saturated rings. The molecule has 1 aromatic rings. The highest BCUT2D eigenvalue weighted by Gasteiger charge is 2.42. The number of aliphatic hydroxyl groups is 1. The fourth-order valence-corrected chi connectivity index (χ4v) is 2.97. The SMILES string of the molecule is CC(O)(CNC(=O)Nc1ccc2c(c1)OC1(CCCCC1)O2)C(=O)O. The summed E-state index contributed by atoms with van der Waals surface area (Å²) in [5.41, 5.74) is -1.54. The highest BCUT2D eigenvalue weighted by atomic mass is 16.7. The second-order valence-electron chi connectivity index (χ2n) is 6.72. The van der Waals surface area contributed by atoms with Crippen LogP contribution in [-0.2, 0) is 4.79 Å². The van der Waals surface area contributed by atoms with E-state index in [1.165, 1.54) is 6.42 Å². The minimum atomic E-state index is -2.03. The van der Waals surface area contributed by atoms with Crippen molar-refractivity contribution in [3.05, 3.63) is 18.2 Å². The third-order valence-electron chi connectivity index (χ3n) is 4.46. The number of anilines is 1. The maximum absolute atomic E-state index is 11.9. The first-order chi connectivity index (χ1) is 11.8. The van der Waals surface area contributed by atoms with Gasteiger partial charge in [0.25, 0.3) is 5.79 Å². The molecule has 1 heterocycles. The molecule has 0 radical (unpaired) electrons. The second kappa shape index (κ2) is 6.44. The fourth-order valence-electron chi connectivity index (χ4n) is 2.97. The van der Waals surface area contributed by atoms with Crippen molar-refractivity contribution in [2.24, 2.45) is 0 Å². The van der Waals surface area contributed by atoms with Crippen molar-refractivity contribution in [3.8, 4) is 11.5 Å².